The second-order valence-electron chi connectivity index (χ2n) is 3.30. The summed E-state index contributed by atoms with van der Waals surface area (Å²) in [5, 5.41) is 0. The van der Waals surface area contributed by atoms with Crippen molar-refractivity contribution in [2.24, 2.45) is 10.7 Å². The van der Waals surface area contributed by atoms with Crippen molar-refractivity contribution in [3.05, 3.63) is 41.5 Å². The smallest absolute Gasteiger partial charge is 0.216 e. The van der Waals surface area contributed by atoms with E-state index in [-0.39, 0.29) is 0 Å². The fraction of sp³-hybridized carbons (Fsp3) is 0.250. The van der Waals surface area contributed by atoms with Gasteiger partial charge in [0.15, 0.2) is 0 Å². The second kappa shape index (κ2) is 4.75. The maximum atomic E-state index is 5.38. The molecule has 0 bridgehead atoms. The fourth-order valence-corrected chi connectivity index (χ4v) is 1.45. The average molecular weight is 202 g/mol. The Morgan fingerprint density at radius 2 is 2.13 bits per heavy atom. The average Bonchev–Trinajstić information content (AvgIpc) is 2.80. The molecule has 1 aliphatic heterocycles. The zero-order valence-electron chi connectivity index (χ0n) is 8.52. The molecule has 2 N–H and O–H groups in total. The van der Waals surface area contributed by atoms with Crippen molar-refractivity contribution in [3.8, 4) is 0 Å². The lowest BCUT2D eigenvalue weighted by molar-refractivity contribution is 0.348. The van der Waals surface area contributed by atoms with E-state index in [1.54, 1.807) is 0 Å². The van der Waals surface area contributed by atoms with Crippen LogP contribution in [-0.2, 0) is 4.74 Å². The van der Waals surface area contributed by atoms with Crippen molar-refractivity contribution in [1.82, 2.24) is 0 Å². The van der Waals surface area contributed by atoms with Gasteiger partial charge in [-0.2, -0.15) is 0 Å². The van der Waals surface area contributed by atoms with Gasteiger partial charge < -0.3 is 10.5 Å². The van der Waals surface area contributed by atoms with E-state index >= 15 is 0 Å². The molecule has 1 aromatic rings. The summed E-state index contributed by atoms with van der Waals surface area (Å²) in [5.41, 5.74) is 7.56. The molecule has 78 valence electrons. The largest absolute Gasteiger partial charge is 0.476 e. The third-order valence-electron chi connectivity index (χ3n) is 2.19. The summed E-state index contributed by atoms with van der Waals surface area (Å²) in [4.78, 5) is 4.25. The SMILES string of the molecule is NC/C=C/c1ccc(C2=NCCO2)cc1. The molecule has 0 aromatic heterocycles. The van der Waals surface area contributed by atoms with Crippen LogP contribution in [0.3, 0.4) is 0 Å². The van der Waals surface area contributed by atoms with Gasteiger partial charge in [-0.25, -0.2) is 4.99 Å². The van der Waals surface area contributed by atoms with E-state index in [0.717, 1.165) is 23.6 Å². The van der Waals surface area contributed by atoms with Gasteiger partial charge in [-0.1, -0.05) is 24.3 Å². The van der Waals surface area contributed by atoms with Crippen LogP contribution < -0.4 is 5.73 Å². The lowest BCUT2D eigenvalue weighted by Crippen LogP contribution is -2.00. The summed E-state index contributed by atoms with van der Waals surface area (Å²) in [6, 6.07) is 8.10. The van der Waals surface area contributed by atoms with Crippen LogP contribution in [0.5, 0.6) is 0 Å². The highest BCUT2D eigenvalue weighted by Crippen LogP contribution is 2.10. The third kappa shape index (κ3) is 2.44. The molecule has 0 saturated carbocycles. The number of nitrogens with two attached hydrogens (primary N) is 1. The molecule has 1 aliphatic rings. The van der Waals surface area contributed by atoms with E-state index in [0.29, 0.717) is 13.2 Å². The van der Waals surface area contributed by atoms with Crippen LogP contribution in [0.25, 0.3) is 6.08 Å². The van der Waals surface area contributed by atoms with E-state index in [1.165, 1.54) is 0 Å². The number of rotatable bonds is 3. The molecule has 2 rings (SSSR count). The van der Waals surface area contributed by atoms with Gasteiger partial charge in [0.25, 0.3) is 0 Å². The molecule has 0 saturated heterocycles. The number of hydrogen-bond acceptors (Lipinski definition) is 3. The Morgan fingerprint density at radius 1 is 1.33 bits per heavy atom. The molecule has 0 aliphatic carbocycles. The zero-order valence-corrected chi connectivity index (χ0v) is 8.52. The van der Waals surface area contributed by atoms with Crippen molar-refractivity contribution in [2.45, 2.75) is 0 Å². The van der Waals surface area contributed by atoms with Crippen molar-refractivity contribution >= 4 is 12.0 Å². The van der Waals surface area contributed by atoms with Crippen molar-refractivity contribution in [3.63, 3.8) is 0 Å². The van der Waals surface area contributed by atoms with Crippen LogP contribution in [0.1, 0.15) is 11.1 Å². The van der Waals surface area contributed by atoms with Gasteiger partial charge >= 0.3 is 0 Å². The zero-order chi connectivity index (χ0) is 10.5. The lowest BCUT2D eigenvalue weighted by Gasteiger charge is -2.01. The van der Waals surface area contributed by atoms with Gasteiger partial charge in [0.1, 0.15) is 6.61 Å². The standard InChI is InChI=1S/C12H14N2O/c13-7-1-2-10-3-5-11(6-4-10)12-14-8-9-15-12/h1-6H,7-9,13H2/b2-1+. The summed E-state index contributed by atoms with van der Waals surface area (Å²) < 4.78 is 5.37. The number of aliphatic imine (C=N–C) groups is 1. The number of ether oxygens (including phenoxy) is 1. The lowest BCUT2D eigenvalue weighted by atomic mass is 10.1. The van der Waals surface area contributed by atoms with E-state index in [4.69, 9.17) is 10.5 Å². The first-order valence-electron chi connectivity index (χ1n) is 5.04. The van der Waals surface area contributed by atoms with Crippen LogP contribution in [0.4, 0.5) is 0 Å². The van der Waals surface area contributed by atoms with Crippen molar-refractivity contribution in [1.29, 1.82) is 0 Å². The number of benzene rings is 1. The van der Waals surface area contributed by atoms with Crippen LogP contribution >= 0.6 is 0 Å². The van der Waals surface area contributed by atoms with Gasteiger partial charge in [-0.05, 0) is 17.7 Å². The molecule has 3 heteroatoms. The highest BCUT2D eigenvalue weighted by atomic mass is 16.5. The number of nitrogens with zero attached hydrogens (tertiary/aromatic N) is 1. The van der Waals surface area contributed by atoms with Gasteiger partial charge in [0, 0.05) is 12.1 Å². The van der Waals surface area contributed by atoms with E-state index < -0.39 is 0 Å². The third-order valence-corrected chi connectivity index (χ3v) is 2.19. The Hall–Kier alpha value is -1.61. The predicted molar refractivity (Wildman–Crippen MR) is 61.9 cm³/mol. The summed E-state index contributed by atoms with van der Waals surface area (Å²) in [5.74, 6) is 0.754. The topological polar surface area (TPSA) is 47.6 Å². The quantitative estimate of drug-likeness (QED) is 0.806. The van der Waals surface area contributed by atoms with E-state index in [9.17, 15) is 0 Å². The molecule has 1 aromatic carbocycles. The minimum absolute atomic E-state index is 0.567. The van der Waals surface area contributed by atoms with Crippen molar-refractivity contribution in [2.75, 3.05) is 19.7 Å². The molecule has 0 radical (unpaired) electrons. The molecular weight excluding hydrogens is 188 g/mol. The second-order valence-corrected chi connectivity index (χ2v) is 3.30. The van der Waals surface area contributed by atoms with E-state index in [2.05, 4.69) is 4.99 Å². The monoisotopic (exact) mass is 202 g/mol. The molecule has 0 spiro atoms. The molecule has 15 heavy (non-hydrogen) atoms. The first-order valence-corrected chi connectivity index (χ1v) is 5.04. The Morgan fingerprint density at radius 3 is 2.73 bits per heavy atom. The molecule has 0 amide bonds. The first kappa shape index (κ1) is 9.93. The molecule has 3 nitrogen and oxygen atoms in total. The van der Waals surface area contributed by atoms with Crippen molar-refractivity contribution < 1.29 is 4.74 Å². The predicted octanol–water partition coefficient (Wildman–Crippen LogP) is 1.44. The van der Waals surface area contributed by atoms with Crippen LogP contribution in [0, 0.1) is 0 Å². The maximum Gasteiger partial charge on any atom is 0.216 e. The van der Waals surface area contributed by atoms with Crippen LogP contribution in [0.2, 0.25) is 0 Å². The van der Waals surface area contributed by atoms with Gasteiger partial charge in [0.05, 0.1) is 6.54 Å². The molecule has 0 fully saturated rings. The Balaban J connectivity index is 2.13. The summed E-state index contributed by atoms with van der Waals surface area (Å²) in [6.45, 7) is 2.03. The molecule has 0 atom stereocenters. The van der Waals surface area contributed by atoms with Gasteiger partial charge in [-0.15, -0.1) is 0 Å². The molecule has 0 unspecified atom stereocenters. The van der Waals surface area contributed by atoms with Crippen LogP contribution in [-0.4, -0.2) is 25.6 Å². The highest BCUT2D eigenvalue weighted by Gasteiger charge is 2.08. The minimum Gasteiger partial charge on any atom is -0.476 e. The Labute approximate surface area is 89.3 Å². The Kier molecular flexibility index (Phi) is 3.15. The minimum atomic E-state index is 0.567. The summed E-state index contributed by atoms with van der Waals surface area (Å²) >= 11 is 0. The highest BCUT2D eigenvalue weighted by molar-refractivity contribution is 5.95. The van der Waals surface area contributed by atoms with Gasteiger partial charge in [-0.3, -0.25) is 0 Å². The fourth-order valence-electron chi connectivity index (χ4n) is 1.45. The van der Waals surface area contributed by atoms with Gasteiger partial charge in [0.2, 0.25) is 5.90 Å². The molecule has 1 heterocycles. The Bertz CT molecular complexity index is 379. The molecular formula is C12H14N2O. The summed E-state index contributed by atoms with van der Waals surface area (Å²) in [7, 11) is 0. The first-order chi connectivity index (χ1) is 7.40. The van der Waals surface area contributed by atoms with E-state index in [1.807, 2.05) is 36.4 Å². The normalized spacial score (nSPS) is 15.4. The van der Waals surface area contributed by atoms with Crippen LogP contribution in [0.15, 0.2) is 35.3 Å². The summed E-state index contributed by atoms with van der Waals surface area (Å²) in [6.07, 6.45) is 3.93. The number of hydrogen-bond donors (Lipinski definition) is 1. The maximum absolute atomic E-state index is 5.38.